The summed E-state index contributed by atoms with van der Waals surface area (Å²) in [6, 6.07) is 6.61. The first-order valence-electron chi connectivity index (χ1n) is 10.5. The molecular formula is C23H31N3O4Si. The van der Waals surface area contributed by atoms with Crippen LogP contribution in [0.3, 0.4) is 0 Å². The molecular weight excluding hydrogens is 410 g/mol. The van der Waals surface area contributed by atoms with Crippen molar-refractivity contribution in [1.82, 2.24) is 9.97 Å². The van der Waals surface area contributed by atoms with E-state index in [1.165, 1.54) is 0 Å². The Kier molecular flexibility index (Phi) is 6.34. The van der Waals surface area contributed by atoms with Crippen LogP contribution in [-0.2, 0) is 14.9 Å². The molecule has 2 aromatic heterocycles. The summed E-state index contributed by atoms with van der Waals surface area (Å²) in [6.07, 6.45) is 3.24. The predicted molar refractivity (Wildman–Crippen MR) is 122 cm³/mol. The van der Waals surface area contributed by atoms with Crippen molar-refractivity contribution in [3.8, 4) is 0 Å². The van der Waals surface area contributed by atoms with Crippen molar-refractivity contribution in [3.63, 3.8) is 0 Å². The SMILES string of the molecule is Cc1cc([C@@H](C)[C@@]2(C)C(=O)N(COCC[Si](C)(C)C)c3ncccc32)cnc1C(=O)O. The lowest BCUT2D eigenvalue weighted by Crippen LogP contribution is -2.42. The van der Waals surface area contributed by atoms with E-state index in [0.717, 1.165) is 17.2 Å². The molecule has 1 N–H and O–H groups in total. The van der Waals surface area contributed by atoms with Crippen LogP contribution in [-0.4, -0.2) is 48.4 Å². The van der Waals surface area contributed by atoms with Gasteiger partial charge in [-0.3, -0.25) is 9.69 Å². The fourth-order valence-electron chi connectivity index (χ4n) is 3.97. The van der Waals surface area contributed by atoms with Crippen LogP contribution in [0.1, 0.15) is 46.9 Å². The second-order valence-electron chi connectivity index (χ2n) is 9.62. The Hall–Kier alpha value is -2.58. The molecule has 0 aromatic carbocycles. The Labute approximate surface area is 184 Å². The van der Waals surface area contributed by atoms with Gasteiger partial charge in [0, 0.05) is 38.6 Å². The normalized spacial score (nSPS) is 19.4. The van der Waals surface area contributed by atoms with Crippen molar-refractivity contribution in [2.24, 2.45) is 0 Å². The molecule has 0 saturated heterocycles. The van der Waals surface area contributed by atoms with Crippen molar-refractivity contribution >= 4 is 25.8 Å². The number of nitrogens with zero attached hydrogens (tertiary/aromatic N) is 3. The lowest BCUT2D eigenvalue weighted by molar-refractivity contribution is -0.124. The van der Waals surface area contributed by atoms with Crippen LogP contribution in [0.2, 0.25) is 25.7 Å². The van der Waals surface area contributed by atoms with Gasteiger partial charge in [0.25, 0.3) is 0 Å². The molecule has 0 radical (unpaired) electrons. The van der Waals surface area contributed by atoms with E-state index >= 15 is 0 Å². The number of rotatable bonds is 8. The number of carbonyl (C=O) groups excluding carboxylic acids is 1. The van der Waals surface area contributed by atoms with Gasteiger partial charge in [0.15, 0.2) is 5.69 Å². The van der Waals surface area contributed by atoms with Crippen molar-refractivity contribution in [2.75, 3.05) is 18.2 Å². The predicted octanol–water partition coefficient (Wildman–Crippen LogP) is 4.20. The molecule has 0 saturated carbocycles. The molecule has 1 aliphatic rings. The quantitative estimate of drug-likeness (QED) is 0.487. The van der Waals surface area contributed by atoms with E-state index in [1.807, 2.05) is 32.0 Å². The van der Waals surface area contributed by atoms with Gasteiger partial charge in [0.2, 0.25) is 5.91 Å². The highest BCUT2D eigenvalue weighted by Crippen LogP contribution is 2.48. The van der Waals surface area contributed by atoms with Crippen molar-refractivity contribution in [1.29, 1.82) is 0 Å². The van der Waals surface area contributed by atoms with Crippen LogP contribution >= 0.6 is 0 Å². The first-order chi connectivity index (χ1) is 14.5. The molecule has 1 amide bonds. The van der Waals surface area contributed by atoms with Crippen LogP contribution in [0.5, 0.6) is 0 Å². The maximum Gasteiger partial charge on any atom is 0.354 e. The summed E-state index contributed by atoms with van der Waals surface area (Å²) in [5.74, 6) is -0.733. The van der Waals surface area contributed by atoms with E-state index in [-0.39, 0.29) is 24.2 Å². The highest BCUT2D eigenvalue weighted by Gasteiger charge is 2.52. The number of carboxylic acid groups (broad SMARTS) is 1. The van der Waals surface area contributed by atoms with Gasteiger partial charge in [-0.25, -0.2) is 14.8 Å². The Morgan fingerprint density at radius 3 is 2.65 bits per heavy atom. The number of aromatic nitrogens is 2. The zero-order valence-electron chi connectivity index (χ0n) is 19.1. The van der Waals surface area contributed by atoms with Gasteiger partial charge < -0.3 is 9.84 Å². The van der Waals surface area contributed by atoms with Crippen LogP contribution in [0.4, 0.5) is 5.82 Å². The standard InChI is InChI=1S/C23H31N3O4Si/c1-15-12-17(13-25-19(15)21(27)28)16(2)23(3)18-8-7-9-24-20(18)26(22(23)29)14-30-10-11-31(4,5)6/h7-9,12-13,16H,10-11,14H2,1-6H3,(H,27,28)/t16-,23-/m1/s1. The summed E-state index contributed by atoms with van der Waals surface area (Å²) in [7, 11) is -1.22. The summed E-state index contributed by atoms with van der Waals surface area (Å²) in [6.45, 7) is 13.3. The molecule has 166 valence electrons. The summed E-state index contributed by atoms with van der Waals surface area (Å²) in [5, 5.41) is 9.27. The fraction of sp³-hybridized carbons (Fsp3) is 0.478. The molecule has 0 spiro atoms. The van der Waals surface area contributed by atoms with E-state index in [9.17, 15) is 14.7 Å². The van der Waals surface area contributed by atoms with Gasteiger partial charge in [0.1, 0.15) is 12.5 Å². The van der Waals surface area contributed by atoms with Gasteiger partial charge in [-0.05, 0) is 37.1 Å². The van der Waals surface area contributed by atoms with Crippen LogP contribution in [0.15, 0.2) is 30.6 Å². The molecule has 2 atom stereocenters. The number of pyridine rings is 2. The van der Waals surface area contributed by atoms with Gasteiger partial charge in [0.05, 0.1) is 5.41 Å². The Morgan fingerprint density at radius 1 is 1.32 bits per heavy atom. The maximum atomic E-state index is 13.7. The second kappa shape index (κ2) is 8.51. The number of carboxylic acids is 1. The molecule has 0 aliphatic carbocycles. The molecule has 3 heterocycles. The third kappa shape index (κ3) is 4.40. The van der Waals surface area contributed by atoms with Crippen molar-refractivity contribution < 1.29 is 19.4 Å². The van der Waals surface area contributed by atoms with Crippen molar-refractivity contribution in [3.05, 3.63) is 53.0 Å². The summed E-state index contributed by atoms with van der Waals surface area (Å²) >= 11 is 0. The molecule has 31 heavy (non-hydrogen) atoms. The third-order valence-corrected chi connectivity index (χ3v) is 7.88. The number of aromatic carboxylic acids is 1. The minimum absolute atomic E-state index is 0.0262. The zero-order valence-corrected chi connectivity index (χ0v) is 20.1. The average molecular weight is 442 g/mol. The van der Waals surface area contributed by atoms with Crippen LogP contribution in [0.25, 0.3) is 0 Å². The molecule has 0 fully saturated rings. The fourth-order valence-corrected chi connectivity index (χ4v) is 4.73. The molecule has 7 nitrogen and oxygen atoms in total. The monoisotopic (exact) mass is 441 g/mol. The average Bonchev–Trinajstić information content (AvgIpc) is 2.92. The van der Waals surface area contributed by atoms with Crippen molar-refractivity contribution in [2.45, 2.75) is 57.8 Å². The van der Waals surface area contributed by atoms with Gasteiger partial charge >= 0.3 is 5.97 Å². The smallest absolute Gasteiger partial charge is 0.354 e. The number of fused-ring (bicyclic) bond motifs is 1. The van der Waals surface area contributed by atoms with E-state index in [4.69, 9.17) is 4.74 Å². The van der Waals surface area contributed by atoms with E-state index in [2.05, 4.69) is 29.6 Å². The molecule has 2 aromatic rings. The van der Waals surface area contributed by atoms with Crippen LogP contribution < -0.4 is 4.90 Å². The van der Waals surface area contributed by atoms with Gasteiger partial charge in [-0.15, -0.1) is 0 Å². The minimum Gasteiger partial charge on any atom is -0.477 e. The highest BCUT2D eigenvalue weighted by molar-refractivity contribution is 6.76. The minimum atomic E-state index is -1.22. The number of aryl methyl sites for hydroxylation is 1. The Balaban J connectivity index is 1.90. The van der Waals surface area contributed by atoms with E-state index in [1.54, 1.807) is 24.2 Å². The molecule has 0 unspecified atom stereocenters. The highest BCUT2D eigenvalue weighted by atomic mass is 28.3. The maximum absolute atomic E-state index is 13.7. The largest absolute Gasteiger partial charge is 0.477 e. The van der Waals surface area contributed by atoms with Crippen LogP contribution in [0, 0.1) is 6.92 Å². The third-order valence-electron chi connectivity index (χ3n) is 6.18. The second-order valence-corrected chi connectivity index (χ2v) is 15.2. The Morgan fingerprint density at radius 2 is 2.03 bits per heavy atom. The number of amides is 1. The first-order valence-corrected chi connectivity index (χ1v) is 14.2. The topological polar surface area (TPSA) is 92.6 Å². The molecule has 3 rings (SSSR count). The number of hydrogen-bond acceptors (Lipinski definition) is 5. The van der Waals surface area contributed by atoms with Gasteiger partial charge in [-0.2, -0.15) is 0 Å². The number of anilines is 1. The summed E-state index contributed by atoms with van der Waals surface area (Å²) in [4.78, 5) is 35.2. The molecule has 1 aliphatic heterocycles. The summed E-state index contributed by atoms with van der Waals surface area (Å²) < 4.78 is 5.88. The molecule has 8 heteroatoms. The van der Waals surface area contributed by atoms with Gasteiger partial charge in [-0.1, -0.05) is 38.7 Å². The number of hydrogen-bond donors (Lipinski definition) is 1. The lowest BCUT2D eigenvalue weighted by atomic mass is 9.71. The first kappa shape index (κ1) is 23.1. The number of carbonyl (C=O) groups is 2. The van der Waals surface area contributed by atoms with E-state index < -0.39 is 19.5 Å². The van der Waals surface area contributed by atoms with E-state index in [0.29, 0.717) is 18.0 Å². The Bertz CT molecular complexity index is 1000. The summed E-state index contributed by atoms with van der Waals surface area (Å²) in [5.41, 5.74) is 1.41. The molecule has 0 bridgehead atoms. The zero-order chi connectivity index (χ0) is 23.0. The lowest BCUT2D eigenvalue weighted by Gasteiger charge is -2.31. The number of ether oxygens (including phenoxy) is 1.